The summed E-state index contributed by atoms with van der Waals surface area (Å²) in [5, 5.41) is 11.5. The highest BCUT2D eigenvalue weighted by Crippen LogP contribution is 2.25. The maximum atomic E-state index is 12.0. The van der Waals surface area contributed by atoms with E-state index in [1.165, 1.54) is 28.8 Å². The van der Waals surface area contributed by atoms with Crippen LogP contribution in [0.3, 0.4) is 0 Å². The maximum Gasteiger partial charge on any atom is 0.323 e. The third-order valence-corrected chi connectivity index (χ3v) is 5.33. The van der Waals surface area contributed by atoms with Crippen molar-refractivity contribution in [2.75, 3.05) is 39.9 Å². The van der Waals surface area contributed by atoms with Crippen molar-refractivity contribution in [1.29, 1.82) is 0 Å². The summed E-state index contributed by atoms with van der Waals surface area (Å²) in [6.45, 7) is 4.11. The topological polar surface area (TPSA) is 83.0 Å². The van der Waals surface area contributed by atoms with E-state index < -0.39 is 5.97 Å². The average Bonchev–Trinajstić information content (AvgIpc) is 3.11. The number of thiazole rings is 1. The van der Waals surface area contributed by atoms with Crippen LogP contribution in [0.1, 0.15) is 11.3 Å². The summed E-state index contributed by atoms with van der Waals surface area (Å²) in [5.41, 5.74) is 2.93. The van der Waals surface area contributed by atoms with Gasteiger partial charge in [-0.15, -0.1) is 11.3 Å². The highest BCUT2D eigenvalue weighted by Gasteiger charge is 2.15. The van der Waals surface area contributed by atoms with E-state index in [0.717, 1.165) is 43.4 Å². The Balaban J connectivity index is 1.59. The van der Waals surface area contributed by atoms with Gasteiger partial charge in [0.15, 0.2) is 0 Å². The van der Waals surface area contributed by atoms with Gasteiger partial charge in [0.1, 0.15) is 11.6 Å². The Labute approximate surface area is 162 Å². The fourth-order valence-corrected chi connectivity index (χ4v) is 3.70. The molecule has 0 saturated carbocycles. The van der Waals surface area contributed by atoms with Crippen molar-refractivity contribution >= 4 is 23.2 Å². The number of aromatic nitrogens is 1. The van der Waals surface area contributed by atoms with E-state index in [9.17, 15) is 9.59 Å². The number of ether oxygens (including phenoxy) is 1. The monoisotopic (exact) mass is 389 g/mol. The van der Waals surface area contributed by atoms with E-state index in [1.807, 2.05) is 5.38 Å². The minimum absolute atomic E-state index is 0.107. The normalized spacial score (nSPS) is 14.9. The lowest BCUT2D eigenvalue weighted by Crippen LogP contribution is -2.35. The molecule has 8 heteroatoms. The van der Waals surface area contributed by atoms with E-state index in [1.54, 1.807) is 0 Å². The van der Waals surface area contributed by atoms with Gasteiger partial charge in [-0.2, -0.15) is 0 Å². The lowest BCUT2D eigenvalue weighted by atomic mass is 10.1. The molecule has 2 aromatic rings. The van der Waals surface area contributed by atoms with Crippen LogP contribution in [0.4, 0.5) is 0 Å². The van der Waals surface area contributed by atoms with E-state index in [4.69, 9.17) is 9.84 Å². The zero-order valence-electron chi connectivity index (χ0n) is 15.3. The van der Waals surface area contributed by atoms with E-state index in [0.29, 0.717) is 5.69 Å². The van der Waals surface area contributed by atoms with Gasteiger partial charge in [0.25, 0.3) is 0 Å². The minimum atomic E-state index is -1.03. The minimum Gasteiger partial charge on any atom is -0.480 e. The van der Waals surface area contributed by atoms with Crippen molar-refractivity contribution in [1.82, 2.24) is 14.8 Å². The van der Waals surface area contributed by atoms with Crippen LogP contribution in [0.2, 0.25) is 0 Å². The van der Waals surface area contributed by atoms with Gasteiger partial charge in [-0.05, 0) is 5.56 Å². The van der Waals surface area contributed by atoms with Crippen LogP contribution in [0, 0.1) is 0 Å². The number of carbonyl (C=O) groups is 2. The van der Waals surface area contributed by atoms with Crippen molar-refractivity contribution in [3.63, 3.8) is 0 Å². The summed E-state index contributed by atoms with van der Waals surface area (Å²) in [5.74, 6) is -1.28. The summed E-state index contributed by atoms with van der Waals surface area (Å²) in [6.07, 6.45) is 0.107. The predicted octanol–water partition coefficient (Wildman–Crippen LogP) is 1.73. The van der Waals surface area contributed by atoms with Crippen LogP contribution in [0.5, 0.6) is 0 Å². The summed E-state index contributed by atoms with van der Waals surface area (Å²) in [6, 6.07) is 8.32. The molecular weight excluding hydrogens is 366 g/mol. The number of benzene rings is 1. The molecule has 7 nitrogen and oxygen atoms in total. The van der Waals surface area contributed by atoms with Crippen LogP contribution < -0.4 is 0 Å². The molecule has 1 aliphatic heterocycles. The first-order valence-electron chi connectivity index (χ1n) is 8.81. The lowest BCUT2D eigenvalue weighted by Gasteiger charge is -2.26. The van der Waals surface area contributed by atoms with Gasteiger partial charge in [-0.3, -0.25) is 14.5 Å². The Kier molecular flexibility index (Phi) is 6.54. The molecule has 144 valence electrons. The molecular formula is C19H23N3O4S. The van der Waals surface area contributed by atoms with Crippen LogP contribution in [-0.4, -0.2) is 71.7 Å². The number of carboxylic acids is 1. The average molecular weight is 389 g/mol. The van der Waals surface area contributed by atoms with Crippen LogP contribution >= 0.6 is 11.3 Å². The summed E-state index contributed by atoms with van der Waals surface area (Å²) in [7, 11) is 1.48. The molecule has 0 spiro atoms. The number of aliphatic carboxylic acids is 1. The van der Waals surface area contributed by atoms with Crippen molar-refractivity contribution < 1.29 is 19.4 Å². The van der Waals surface area contributed by atoms with Gasteiger partial charge in [0.2, 0.25) is 5.91 Å². The van der Waals surface area contributed by atoms with Crippen molar-refractivity contribution in [2.45, 2.75) is 13.0 Å². The number of nitrogens with zero attached hydrogens (tertiary/aromatic N) is 3. The molecule has 1 aromatic heterocycles. The second-order valence-corrected chi connectivity index (χ2v) is 7.41. The van der Waals surface area contributed by atoms with E-state index in [2.05, 4.69) is 34.1 Å². The highest BCUT2D eigenvalue weighted by atomic mass is 32.1. The smallest absolute Gasteiger partial charge is 0.323 e. The van der Waals surface area contributed by atoms with E-state index >= 15 is 0 Å². The molecule has 27 heavy (non-hydrogen) atoms. The molecule has 0 bridgehead atoms. The number of hydrogen-bond acceptors (Lipinski definition) is 6. The zero-order chi connectivity index (χ0) is 19.2. The van der Waals surface area contributed by atoms with Gasteiger partial charge < -0.3 is 14.7 Å². The van der Waals surface area contributed by atoms with E-state index in [-0.39, 0.29) is 18.9 Å². The SMILES string of the molecule is CN(CC(=O)O)C(=O)Cc1csc(-c2ccc(CN3CCOCC3)cc2)n1. The number of carboxylic acid groups (broad SMARTS) is 1. The molecule has 1 N–H and O–H groups in total. The standard InChI is InChI=1S/C19H23N3O4S/c1-21(12-18(24)25)17(23)10-16-13-27-19(20-16)15-4-2-14(3-5-15)11-22-6-8-26-9-7-22/h2-5,13H,6-12H2,1H3,(H,24,25). The summed E-state index contributed by atoms with van der Waals surface area (Å²) < 4.78 is 5.37. The number of hydrogen-bond donors (Lipinski definition) is 1. The van der Waals surface area contributed by atoms with Crippen molar-refractivity contribution in [3.8, 4) is 10.6 Å². The lowest BCUT2D eigenvalue weighted by molar-refractivity contribution is -0.143. The molecule has 2 heterocycles. The van der Waals surface area contributed by atoms with Gasteiger partial charge in [0.05, 0.1) is 25.3 Å². The third kappa shape index (κ3) is 5.59. The first kappa shape index (κ1) is 19.5. The van der Waals surface area contributed by atoms with Crippen molar-refractivity contribution in [3.05, 3.63) is 40.9 Å². The first-order valence-corrected chi connectivity index (χ1v) is 9.69. The zero-order valence-corrected chi connectivity index (χ0v) is 16.1. The predicted molar refractivity (Wildman–Crippen MR) is 103 cm³/mol. The Bertz CT molecular complexity index is 785. The van der Waals surface area contributed by atoms with Crippen molar-refractivity contribution in [2.24, 2.45) is 0 Å². The Hall–Kier alpha value is -2.29. The molecule has 0 atom stereocenters. The molecule has 1 saturated heterocycles. The highest BCUT2D eigenvalue weighted by molar-refractivity contribution is 7.13. The molecule has 1 amide bonds. The third-order valence-electron chi connectivity index (χ3n) is 4.39. The number of carbonyl (C=O) groups excluding carboxylic acids is 1. The molecule has 1 aliphatic rings. The molecule has 3 rings (SSSR count). The number of rotatable bonds is 7. The van der Waals surface area contributed by atoms with Gasteiger partial charge >= 0.3 is 5.97 Å². The van der Waals surface area contributed by atoms with Crippen LogP contribution in [0.25, 0.3) is 10.6 Å². The van der Waals surface area contributed by atoms with Gasteiger partial charge in [0, 0.05) is 37.6 Å². The second-order valence-electron chi connectivity index (χ2n) is 6.55. The maximum absolute atomic E-state index is 12.0. The summed E-state index contributed by atoms with van der Waals surface area (Å²) >= 11 is 1.49. The van der Waals surface area contributed by atoms with Crippen LogP contribution in [-0.2, 0) is 27.3 Å². The quantitative estimate of drug-likeness (QED) is 0.777. The fourth-order valence-electron chi connectivity index (χ4n) is 2.87. The Morgan fingerprint density at radius 2 is 1.96 bits per heavy atom. The molecule has 1 aromatic carbocycles. The first-order chi connectivity index (χ1) is 13.0. The summed E-state index contributed by atoms with van der Waals surface area (Å²) in [4.78, 5) is 30.8. The second kappa shape index (κ2) is 9.07. The fraction of sp³-hybridized carbons (Fsp3) is 0.421. The van der Waals surface area contributed by atoms with Gasteiger partial charge in [-0.1, -0.05) is 24.3 Å². The molecule has 0 radical (unpaired) electrons. The number of likely N-dealkylation sites (N-methyl/N-ethyl adjacent to an activating group) is 1. The Morgan fingerprint density at radius 3 is 2.63 bits per heavy atom. The largest absolute Gasteiger partial charge is 0.480 e. The van der Waals surface area contributed by atoms with Gasteiger partial charge in [-0.25, -0.2) is 4.98 Å². The number of amides is 1. The van der Waals surface area contributed by atoms with Crippen LogP contribution in [0.15, 0.2) is 29.6 Å². The molecule has 1 fully saturated rings. The molecule has 0 aliphatic carbocycles. The Morgan fingerprint density at radius 1 is 1.26 bits per heavy atom. The molecule has 0 unspecified atom stereocenters. The number of morpholine rings is 1.